The number of rotatable bonds is 4. The van der Waals surface area contributed by atoms with E-state index in [9.17, 15) is 5.11 Å². The Morgan fingerprint density at radius 1 is 1.23 bits per heavy atom. The molecule has 0 saturated heterocycles. The standard InChI is InChI=1S/C20H22ClNO4/c1-12-10-22-11-15(21)14(12)9-16(23)13-5-6-17(24-2)19-18(13)25-20(26-19)7-3-4-8-20/h5-6,10-11,16,23H,3-4,7-9H2,1-2H3. The molecular formula is C20H22ClNO4. The van der Waals surface area contributed by atoms with Crippen LogP contribution in [0.3, 0.4) is 0 Å². The van der Waals surface area contributed by atoms with Crippen molar-refractivity contribution >= 4 is 11.6 Å². The molecular weight excluding hydrogens is 354 g/mol. The third-order valence-electron chi connectivity index (χ3n) is 5.24. The fourth-order valence-electron chi connectivity index (χ4n) is 3.82. The van der Waals surface area contributed by atoms with Crippen LogP contribution in [0.4, 0.5) is 0 Å². The first-order valence-corrected chi connectivity index (χ1v) is 9.27. The van der Waals surface area contributed by atoms with E-state index in [1.165, 1.54) is 0 Å². The molecule has 1 unspecified atom stereocenters. The van der Waals surface area contributed by atoms with E-state index in [0.29, 0.717) is 34.3 Å². The molecule has 1 N–H and O–H groups in total. The van der Waals surface area contributed by atoms with Gasteiger partial charge in [-0.05, 0) is 43.0 Å². The maximum absolute atomic E-state index is 10.9. The van der Waals surface area contributed by atoms with Crippen molar-refractivity contribution in [2.75, 3.05) is 7.11 Å². The van der Waals surface area contributed by atoms with Crippen LogP contribution >= 0.6 is 11.6 Å². The topological polar surface area (TPSA) is 60.8 Å². The van der Waals surface area contributed by atoms with Gasteiger partial charge in [0.15, 0.2) is 11.5 Å². The van der Waals surface area contributed by atoms with E-state index in [4.69, 9.17) is 25.8 Å². The quantitative estimate of drug-likeness (QED) is 0.859. The molecule has 4 rings (SSSR count). The van der Waals surface area contributed by atoms with E-state index < -0.39 is 11.9 Å². The number of methoxy groups -OCH3 is 1. The minimum absolute atomic E-state index is 0.377. The van der Waals surface area contributed by atoms with Crippen molar-refractivity contribution in [1.29, 1.82) is 0 Å². The van der Waals surface area contributed by atoms with Crippen molar-refractivity contribution in [3.05, 3.63) is 46.2 Å². The lowest BCUT2D eigenvalue weighted by molar-refractivity contribution is -0.0731. The zero-order valence-corrected chi connectivity index (χ0v) is 15.7. The number of aryl methyl sites for hydroxylation is 1. The van der Waals surface area contributed by atoms with Crippen LogP contribution in [0.5, 0.6) is 17.2 Å². The van der Waals surface area contributed by atoms with Gasteiger partial charge in [-0.3, -0.25) is 4.98 Å². The zero-order chi connectivity index (χ0) is 18.3. The van der Waals surface area contributed by atoms with Crippen molar-refractivity contribution in [3.8, 4) is 17.2 Å². The predicted octanol–water partition coefficient (Wildman–Crippen LogP) is 4.37. The molecule has 1 aromatic carbocycles. The number of fused-ring (bicyclic) bond motifs is 1. The van der Waals surface area contributed by atoms with E-state index in [-0.39, 0.29) is 0 Å². The van der Waals surface area contributed by atoms with E-state index in [1.54, 1.807) is 19.5 Å². The van der Waals surface area contributed by atoms with E-state index in [2.05, 4.69) is 4.98 Å². The highest BCUT2D eigenvalue weighted by Gasteiger charge is 2.46. The van der Waals surface area contributed by atoms with E-state index >= 15 is 0 Å². The molecule has 1 atom stereocenters. The lowest BCUT2D eigenvalue weighted by Crippen LogP contribution is -2.34. The highest BCUT2D eigenvalue weighted by molar-refractivity contribution is 6.31. The number of hydrogen-bond acceptors (Lipinski definition) is 5. The molecule has 1 aromatic heterocycles. The Labute approximate surface area is 157 Å². The van der Waals surface area contributed by atoms with Crippen LogP contribution in [0, 0.1) is 6.92 Å². The van der Waals surface area contributed by atoms with Crippen LogP contribution < -0.4 is 14.2 Å². The van der Waals surface area contributed by atoms with Gasteiger partial charge in [0.25, 0.3) is 5.79 Å². The van der Waals surface area contributed by atoms with Gasteiger partial charge in [0.05, 0.1) is 18.2 Å². The number of pyridine rings is 1. The molecule has 1 aliphatic heterocycles. The summed E-state index contributed by atoms with van der Waals surface area (Å²) < 4.78 is 17.8. The van der Waals surface area contributed by atoms with Crippen LogP contribution in [-0.4, -0.2) is 23.0 Å². The average molecular weight is 376 g/mol. The zero-order valence-electron chi connectivity index (χ0n) is 14.9. The molecule has 26 heavy (non-hydrogen) atoms. The summed E-state index contributed by atoms with van der Waals surface area (Å²) in [5.74, 6) is 1.18. The summed E-state index contributed by atoms with van der Waals surface area (Å²) in [6, 6.07) is 3.65. The van der Waals surface area contributed by atoms with Crippen molar-refractivity contribution in [3.63, 3.8) is 0 Å². The van der Waals surface area contributed by atoms with Gasteiger partial charge in [0, 0.05) is 37.2 Å². The van der Waals surface area contributed by atoms with Crippen molar-refractivity contribution < 1.29 is 19.3 Å². The first-order chi connectivity index (χ1) is 12.5. The summed E-state index contributed by atoms with van der Waals surface area (Å²) in [5.41, 5.74) is 2.52. The van der Waals surface area contributed by atoms with Gasteiger partial charge >= 0.3 is 0 Å². The van der Waals surface area contributed by atoms with Gasteiger partial charge in [-0.15, -0.1) is 0 Å². The molecule has 2 heterocycles. The lowest BCUT2D eigenvalue weighted by atomic mass is 9.98. The normalized spacial score (nSPS) is 18.3. The number of hydrogen-bond donors (Lipinski definition) is 1. The Hall–Kier alpha value is -1.98. The molecule has 1 saturated carbocycles. The Morgan fingerprint density at radius 2 is 1.96 bits per heavy atom. The smallest absolute Gasteiger partial charge is 0.251 e. The second kappa shape index (κ2) is 6.63. The highest BCUT2D eigenvalue weighted by atomic mass is 35.5. The number of halogens is 1. The van der Waals surface area contributed by atoms with Gasteiger partial charge in [0.2, 0.25) is 5.75 Å². The van der Waals surface area contributed by atoms with Gasteiger partial charge in [-0.25, -0.2) is 0 Å². The summed E-state index contributed by atoms with van der Waals surface area (Å²) in [4.78, 5) is 4.08. The minimum atomic E-state index is -0.770. The van der Waals surface area contributed by atoms with Crippen molar-refractivity contribution in [2.45, 2.75) is 50.9 Å². The average Bonchev–Trinajstić information content (AvgIpc) is 3.23. The molecule has 1 aliphatic carbocycles. The number of benzene rings is 1. The van der Waals surface area contributed by atoms with Crippen LogP contribution in [0.25, 0.3) is 0 Å². The largest absolute Gasteiger partial charge is 0.493 e. The van der Waals surface area contributed by atoms with Crippen molar-refractivity contribution in [2.24, 2.45) is 0 Å². The van der Waals surface area contributed by atoms with Gasteiger partial charge in [-0.1, -0.05) is 11.6 Å². The molecule has 2 aromatic rings. The maximum Gasteiger partial charge on any atom is 0.251 e. The Bertz CT molecular complexity index is 813. The van der Waals surface area contributed by atoms with Crippen LogP contribution in [0.15, 0.2) is 24.5 Å². The molecule has 138 valence electrons. The highest BCUT2D eigenvalue weighted by Crippen LogP contribution is 2.53. The number of aliphatic hydroxyl groups is 1. The van der Waals surface area contributed by atoms with E-state index in [0.717, 1.165) is 36.8 Å². The predicted molar refractivity (Wildman–Crippen MR) is 98.1 cm³/mol. The summed E-state index contributed by atoms with van der Waals surface area (Å²) in [7, 11) is 1.61. The Morgan fingerprint density at radius 3 is 2.65 bits per heavy atom. The minimum Gasteiger partial charge on any atom is -0.493 e. The van der Waals surface area contributed by atoms with Gasteiger partial charge in [-0.2, -0.15) is 0 Å². The number of aliphatic hydroxyl groups excluding tert-OH is 1. The summed E-state index contributed by atoms with van der Waals surface area (Å²) in [6.07, 6.45) is 6.78. The van der Waals surface area contributed by atoms with E-state index in [1.807, 2.05) is 19.1 Å². The monoisotopic (exact) mass is 375 g/mol. The molecule has 1 fully saturated rings. The molecule has 0 radical (unpaired) electrons. The number of nitrogens with zero attached hydrogens (tertiary/aromatic N) is 1. The second-order valence-electron chi connectivity index (χ2n) is 6.97. The molecule has 0 bridgehead atoms. The van der Waals surface area contributed by atoms with Gasteiger partial charge in [0.1, 0.15) is 0 Å². The third-order valence-corrected chi connectivity index (χ3v) is 5.57. The molecule has 5 nitrogen and oxygen atoms in total. The maximum atomic E-state index is 10.9. The second-order valence-corrected chi connectivity index (χ2v) is 7.38. The summed E-state index contributed by atoms with van der Waals surface area (Å²) in [6.45, 7) is 1.94. The van der Waals surface area contributed by atoms with Crippen LogP contribution in [-0.2, 0) is 6.42 Å². The molecule has 2 aliphatic rings. The summed E-state index contributed by atoms with van der Waals surface area (Å²) >= 11 is 6.27. The lowest BCUT2D eigenvalue weighted by Gasteiger charge is -2.22. The molecule has 1 spiro atoms. The van der Waals surface area contributed by atoms with Crippen molar-refractivity contribution in [1.82, 2.24) is 4.98 Å². The fourth-order valence-corrected chi connectivity index (χ4v) is 4.10. The Balaban J connectivity index is 1.69. The van der Waals surface area contributed by atoms with Crippen LogP contribution in [0.1, 0.15) is 48.5 Å². The van der Waals surface area contributed by atoms with Crippen LogP contribution in [0.2, 0.25) is 5.02 Å². The SMILES string of the molecule is COc1ccc(C(O)Cc2c(C)cncc2Cl)c2c1OC1(CCCC1)O2. The third kappa shape index (κ3) is 2.89. The molecule has 0 amide bonds. The fraction of sp³-hybridized carbons (Fsp3) is 0.450. The summed E-state index contributed by atoms with van der Waals surface area (Å²) in [5, 5.41) is 11.5. The Kier molecular flexibility index (Phi) is 4.45. The molecule has 6 heteroatoms. The first kappa shape index (κ1) is 17.4. The number of aromatic nitrogens is 1. The first-order valence-electron chi connectivity index (χ1n) is 8.89. The number of ether oxygens (including phenoxy) is 3. The van der Waals surface area contributed by atoms with Gasteiger partial charge < -0.3 is 19.3 Å².